The standard InChI is InChI=1S/C13H13N5/c1-8-12(17-18(2)13(8)14)9-3-4-10-11(7-9)16-6-5-15-10/h3-7H,14H2,1-2H3. The third-order valence-electron chi connectivity index (χ3n) is 3.08. The molecular formula is C13H13N5. The molecule has 0 fully saturated rings. The summed E-state index contributed by atoms with van der Waals surface area (Å²) in [5.74, 6) is 0.684. The van der Waals surface area contributed by atoms with Crippen LogP contribution in [-0.4, -0.2) is 19.7 Å². The van der Waals surface area contributed by atoms with Gasteiger partial charge in [0.05, 0.1) is 16.7 Å². The molecule has 1 aromatic carbocycles. The summed E-state index contributed by atoms with van der Waals surface area (Å²) in [6, 6.07) is 5.92. The zero-order chi connectivity index (χ0) is 12.7. The van der Waals surface area contributed by atoms with Crippen LogP contribution in [0.2, 0.25) is 0 Å². The van der Waals surface area contributed by atoms with Crippen LogP contribution in [0.5, 0.6) is 0 Å². The quantitative estimate of drug-likeness (QED) is 0.704. The molecule has 0 radical (unpaired) electrons. The second-order valence-corrected chi connectivity index (χ2v) is 4.24. The minimum absolute atomic E-state index is 0.684. The Bertz CT molecular complexity index is 729. The predicted molar refractivity (Wildman–Crippen MR) is 70.9 cm³/mol. The Hall–Kier alpha value is -2.43. The number of nitrogens with two attached hydrogens (primary N) is 1. The molecular weight excluding hydrogens is 226 g/mol. The lowest BCUT2D eigenvalue weighted by Crippen LogP contribution is -1.97. The number of nitrogen functional groups attached to an aromatic ring is 1. The van der Waals surface area contributed by atoms with Crippen molar-refractivity contribution in [2.75, 3.05) is 5.73 Å². The van der Waals surface area contributed by atoms with Gasteiger partial charge in [-0.15, -0.1) is 0 Å². The van der Waals surface area contributed by atoms with Crippen molar-refractivity contribution < 1.29 is 0 Å². The van der Waals surface area contributed by atoms with Gasteiger partial charge < -0.3 is 5.73 Å². The fourth-order valence-corrected chi connectivity index (χ4v) is 2.03. The van der Waals surface area contributed by atoms with Gasteiger partial charge in [0.15, 0.2) is 0 Å². The summed E-state index contributed by atoms with van der Waals surface area (Å²) in [5.41, 5.74) is 10.5. The molecule has 0 aliphatic heterocycles. The number of anilines is 1. The Morgan fingerprint density at radius 3 is 2.50 bits per heavy atom. The molecule has 18 heavy (non-hydrogen) atoms. The van der Waals surface area contributed by atoms with Crippen molar-refractivity contribution in [3.8, 4) is 11.3 Å². The number of aryl methyl sites for hydroxylation is 1. The molecule has 0 aliphatic carbocycles. The zero-order valence-corrected chi connectivity index (χ0v) is 10.3. The number of hydrogen-bond donors (Lipinski definition) is 1. The minimum atomic E-state index is 0.684. The van der Waals surface area contributed by atoms with E-state index in [1.165, 1.54) is 0 Å². The van der Waals surface area contributed by atoms with E-state index in [0.717, 1.165) is 27.9 Å². The number of hydrogen-bond acceptors (Lipinski definition) is 4. The van der Waals surface area contributed by atoms with Crippen LogP contribution < -0.4 is 5.73 Å². The molecule has 90 valence electrons. The topological polar surface area (TPSA) is 69.6 Å². The van der Waals surface area contributed by atoms with Crippen LogP contribution in [0, 0.1) is 6.92 Å². The molecule has 0 unspecified atom stereocenters. The van der Waals surface area contributed by atoms with E-state index in [0.29, 0.717) is 5.82 Å². The van der Waals surface area contributed by atoms with Gasteiger partial charge in [0.1, 0.15) is 5.82 Å². The van der Waals surface area contributed by atoms with Gasteiger partial charge in [0.2, 0.25) is 0 Å². The highest BCUT2D eigenvalue weighted by Gasteiger charge is 2.12. The van der Waals surface area contributed by atoms with Crippen LogP contribution in [0.4, 0.5) is 5.82 Å². The van der Waals surface area contributed by atoms with Gasteiger partial charge >= 0.3 is 0 Å². The van der Waals surface area contributed by atoms with Crippen molar-refractivity contribution in [3.05, 3.63) is 36.2 Å². The summed E-state index contributed by atoms with van der Waals surface area (Å²) in [4.78, 5) is 8.55. The summed E-state index contributed by atoms with van der Waals surface area (Å²) < 4.78 is 1.69. The Kier molecular flexibility index (Phi) is 2.26. The van der Waals surface area contributed by atoms with Crippen LogP contribution >= 0.6 is 0 Å². The smallest absolute Gasteiger partial charge is 0.124 e. The second-order valence-electron chi connectivity index (χ2n) is 4.24. The van der Waals surface area contributed by atoms with E-state index in [-0.39, 0.29) is 0 Å². The first kappa shape index (κ1) is 10.7. The van der Waals surface area contributed by atoms with Gasteiger partial charge in [-0.25, -0.2) is 0 Å². The van der Waals surface area contributed by atoms with Gasteiger partial charge in [0.25, 0.3) is 0 Å². The van der Waals surface area contributed by atoms with E-state index in [2.05, 4.69) is 15.1 Å². The van der Waals surface area contributed by atoms with Gasteiger partial charge in [-0.05, 0) is 19.1 Å². The lowest BCUT2D eigenvalue weighted by Gasteiger charge is -2.00. The van der Waals surface area contributed by atoms with Gasteiger partial charge in [-0.3, -0.25) is 14.6 Å². The van der Waals surface area contributed by atoms with E-state index < -0.39 is 0 Å². The van der Waals surface area contributed by atoms with E-state index in [1.54, 1.807) is 17.1 Å². The first-order chi connectivity index (χ1) is 8.66. The second kappa shape index (κ2) is 3.80. The lowest BCUT2D eigenvalue weighted by molar-refractivity contribution is 0.782. The van der Waals surface area contributed by atoms with Crippen LogP contribution in [-0.2, 0) is 7.05 Å². The van der Waals surface area contributed by atoms with E-state index in [9.17, 15) is 0 Å². The van der Waals surface area contributed by atoms with Crippen molar-refractivity contribution in [2.24, 2.45) is 7.05 Å². The number of rotatable bonds is 1. The van der Waals surface area contributed by atoms with Gasteiger partial charge in [0, 0.05) is 30.6 Å². The largest absolute Gasteiger partial charge is 0.384 e. The molecule has 0 aliphatic rings. The van der Waals surface area contributed by atoms with Crippen LogP contribution in [0.25, 0.3) is 22.3 Å². The van der Waals surface area contributed by atoms with E-state index >= 15 is 0 Å². The van der Waals surface area contributed by atoms with Gasteiger partial charge in [-0.2, -0.15) is 5.10 Å². The Morgan fingerprint density at radius 2 is 1.83 bits per heavy atom. The average molecular weight is 239 g/mol. The summed E-state index contributed by atoms with van der Waals surface area (Å²) in [7, 11) is 1.84. The monoisotopic (exact) mass is 239 g/mol. The highest BCUT2D eigenvalue weighted by Crippen LogP contribution is 2.27. The normalized spacial score (nSPS) is 11.0. The van der Waals surface area contributed by atoms with Crippen LogP contribution in [0.15, 0.2) is 30.6 Å². The first-order valence-electron chi connectivity index (χ1n) is 5.67. The Balaban J connectivity index is 2.22. The summed E-state index contributed by atoms with van der Waals surface area (Å²) in [6.45, 7) is 1.97. The van der Waals surface area contributed by atoms with Crippen LogP contribution in [0.3, 0.4) is 0 Å². The predicted octanol–water partition coefficient (Wildman–Crippen LogP) is 1.92. The molecule has 2 heterocycles. The number of fused-ring (bicyclic) bond motifs is 1. The maximum atomic E-state index is 5.93. The van der Waals surface area contributed by atoms with Crippen molar-refractivity contribution >= 4 is 16.9 Å². The maximum Gasteiger partial charge on any atom is 0.124 e. The Labute approximate surface area is 104 Å². The molecule has 0 saturated heterocycles. The van der Waals surface area contributed by atoms with Crippen molar-refractivity contribution in [1.29, 1.82) is 0 Å². The third-order valence-corrected chi connectivity index (χ3v) is 3.08. The molecule has 5 nitrogen and oxygen atoms in total. The lowest BCUT2D eigenvalue weighted by atomic mass is 10.1. The van der Waals surface area contributed by atoms with Crippen molar-refractivity contribution in [1.82, 2.24) is 19.7 Å². The number of nitrogens with zero attached hydrogens (tertiary/aromatic N) is 4. The van der Waals surface area contributed by atoms with Gasteiger partial charge in [-0.1, -0.05) is 6.07 Å². The average Bonchev–Trinajstić information content (AvgIpc) is 2.66. The highest BCUT2D eigenvalue weighted by molar-refractivity contribution is 5.81. The molecule has 3 aromatic rings. The molecule has 2 N–H and O–H groups in total. The molecule has 0 atom stereocenters. The SMILES string of the molecule is Cc1c(-c2ccc3nccnc3c2)nn(C)c1N. The molecule has 0 spiro atoms. The number of benzene rings is 1. The van der Waals surface area contributed by atoms with Crippen molar-refractivity contribution in [3.63, 3.8) is 0 Å². The molecule has 0 amide bonds. The highest BCUT2D eigenvalue weighted by atomic mass is 15.3. The minimum Gasteiger partial charge on any atom is -0.384 e. The summed E-state index contributed by atoms with van der Waals surface area (Å²) >= 11 is 0. The zero-order valence-electron chi connectivity index (χ0n) is 10.3. The molecule has 0 bridgehead atoms. The number of aromatic nitrogens is 4. The molecule has 2 aromatic heterocycles. The summed E-state index contributed by atoms with van der Waals surface area (Å²) in [5, 5.41) is 4.43. The maximum absolute atomic E-state index is 5.93. The van der Waals surface area contributed by atoms with Crippen molar-refractivity contribution in [2.45, 2.75) is 6.92 Å². The summed E-state index contributed by atoms with van der Waals surface area (Å²) in [6.07, 6.45) is 3.37. The van der Waals surface area contributed by atoms with Crippen LogP contribution in [0.1, 0.15) is 5.56 Å². The molecule has 0 saturated carbocycles. The van der Waals surface area contributed by atoms with E-state index in [1.807, 2.05) is 32.2 Å². The van der Waals surface area contributed by atoms with E-state index in [4.69, 9.17) is 5.73 Å². The molecule has 5 heteroatoms. The molecule has 3 rings (SSSR count). The first-order valence-corrected chi connectivity index (χ1v) is 5.67. The third kappa shape index (κ3) is 1.52. The Morgan fingerprint density at radius 1 is 1.11 bits per heavy atom. The fourth-order valence-electron chi connectivity index (χ4n) is 2.03. The fraction of sp³-hybridized carbons (Fsp3) is 0.154.